The number of hydrogen-bond acceptors (Lipinski definition) is 1. The molecule has 136 valence electrons. The molecule has 0 aliphatic heterocycles. The Hall–Kier alpha value is -0.820. The second-order valence-corrected chi connectivity index (χ2v) is 7.31. The third-order valence-electron chi connectivity index (χ3n) is 4.75. The maximum absolute atomic E-state index is 11.0. The van der Waals surface area contributed by atoms with Gasteiger partial charge in [-0.05, 0) is 42.1 Å². The third kappa shape index (κ3) is 10.9. The van der Waals surface area contributed by atoms with E-state index in [0.717, 1.165) is 6.42 Å². The zero-order chi connectivity index (χ0) is 17.5. The number of halogens is 1. The number of carbonyl (C=O) groups excluding carboxylic acids is 1. The fourth-order valence-corrected chi connectivity index (χ4v) is 3.28. The lowest BCUT2D eigenvalue weighted by Gasteiger charge is -2.04. The fraction of sp³-hybridized carbons (Fsp3) is 0.682. The summed E-state index contributed by atoms with van der Waals surface area (Å²) >= 11 is 5.45. The van der Waals surface area contributed by atoms with Crippen LogP contribution in [0.3, 0.4) is 0 Å². The Morgan fingerprint density at radius 2 is 1.12 bits per heavy atom. The number of carbonyl (C=O) groups is 1. The van der Waals surface area contributed by atoms with E-state index in [9.17, 15) is 4.79 Å². The standard InChI is InChI=1S/C22H35ClO/c1-2-3-4-5-6-7-8-9-10-11-12-13-14-15-20-16-18-21(19-17-20)22(23)24/h16-19H,2-15H2,1H3. The first-order chi connectivity index (χ1) is 11.7. The van der Waals surface area contributed by atoms with Crippen molar-refractivity contribution < 1.29 is 4.79 Å². The van der Waals surface area contributed by atoms with Crippen molar-refractivity contribution in [3.63, 3.8) is 0 Å². The molecule has 0 amide bonds. The summed E-state index contributed by atoms with van der Waals surface area (Å²) in [7, 11) is 0. The van der Waals surface area contributed by atoms with E-state index >= 15 is 0 Å². The number of aryl methyl sites for hydroxylation is 1. The van der Waals surface area contributed by atoms with Crippen LogP contribution >= 0.6 is 11.6 Å². The van der Waals surface area contributed by atoms with Crippen molar-refractivity contribution in [2.24, 2.45) is 0 Å². The maximum Gasteiger partial charge on any atom is 0.252 e. The average molecular weight is 351 g/mol. The van der Waals surface area contributed by atoms with Gasteiger partial charge >= 0.3 is 0 Å². The maximum atomic E-state index is 11.0. The minimum absolute atomic E-state index is 0.373. The van der Waals surface area contributed by atoms with Crippen molar-refractivity contribution in [2.45, 2.75) is 96.8 Å². The molecule has 0 aliphatic carbocycles. The quantitative estimate of drug-likeness (QED) is 0.234. The Balaban J connectivity index is 1.87. The summed E-state index contributed by atoms with van der Waals surface area (Å²) in [6.07, 6.45) is 19.2. The zero-order valence-electron chi connectivity index (χ0n) is 15.5. The fourth-order valence-electron chi connectivity index (χ4n) is 3.15. The summed E-state index contributed by atoms with van der Waals surface area (Å²) in [5.74, 6) is 0. The van der Waals surface area contributed by atoms with Crippen molar-refractivity contribution in [3.05, 3.63) is 35.4 Å². The van der Waals surface area contributed by atoms with Crippen molar-refractivity contribution in [3.8, 4) is 0 Å². The number of hydrogen-bond donors (Lipinski definition) is 0. The van der Waals surface area contributed by atoms with E-state index in [-0.39, 0.29) is 5.24 Å². The van der Waals surface area contributed by atoms with Crippen LogP contribution in [0.5, 0.6) is 0 Å². The van der Waals surface area contributed by atoms with Gasteiger partial charge < -0.3 is 0 Å². The van der Waals surface area contributed by atoms with E-state index in [1.807, 2.05) is 24.3 Å². The summed E-state index contributed by atoms with van der Waals surface area (Å²) in [5, 5.41) is -0.373. The molecule has 24 heavy (non-hydrogen) atoms. The van der Waals surface area contributed by atoms with E-state index in [0.29, 0.717) is 5.56 Å². The van der Waals surface area contributed by atoms with E-state index in [1.54, 1.807) is 0 Å². The van der Waals surface area contributed by atoms with Gasteiger partial charge in [-0.3, -0.25) is 4.79 Å². The second kappa shape index (κ2) is 14.5. The summed E-state index contributed by atoms with van der Waals surface area (Å²) < 4.78 is 0. The van der Waals surface area contributed by atoms with Crippen molar-refractivity contribution in [1.29, 1.82) is 0 Å². The monoisotopic (exact) mass is 350 g/mol. The minimum Gasteiger partial charge on any atom is -0.276 e. The van der Waals surface area contributed by atoms with Crippen molar-refractivity contribution in [1.82, 2.24) is 0 Å². The SMILES string of the molecule is CCCCCCCCCCCCCCCc1ccc(C(=O)Cl)cc1. The molecule has 0 bridgehead atoms. The van der Waals surface area contributed by atoms with Crippen molar-refractivity contribution in [2.75, 3.05) is 0 Å². The molecule has 0 unspecified atom stereocenters. The first-order valence-corrected chi connectivity index (χ1v) is 10.4. The van der Waals surface area contributed by atoms with Gasteiger partial charge in [-0.15, -0.1) is 0 Å². The van der Waals surface area contributed by atoms with Crippen LogP contribution in [0.2, 0.25) is 0 Å². The van der Waals surface area contributed by atoms with Crippen molar-refractivity contribution >= 4 is 16.8 Å². The van der Waals surface area contributed by atoms with Crippen LogP contribution in [0, 0.1) is 0 Å². The Bertz CT molecular complexity index is 424. The molecule has 0 spiro atoms. The second-order valence-electron chi connectivity index (χ2n) is 6.96. The van der Waals surface area contributed by atoms with Gasteiger partial charge in [0.25, 0.3) is 5.24 Å². The van der Waals surface area contributed by atoms with Gasteiger partial charge in [-0.2, -0.15) is 0 Å². The summed E-state index contributed by atoms with van der Waals surface area (Å²) in [5.41, 5.74) is 1.89. The molecule has 1 aromatic carbocycles. The van der Waals surface area contributed by atoms with Gasteiger partial charge in [0.2, 0.25) is 0 Å². The van der Waals surface area contributed by atoms with E-state index < -0.39 is 0 Å². The lowest BCUT2D eigenvalue weighted by molar-refractivity contribution is 0.108. The first-order valence-electron chi connectivity index (χ1n) is 10.0. The van der Waals surface area contributed by atoms with E-state index in [2.05, 4.69) is 6.92 Å². The smallest absolute Gasteiger partial charge is 0.252 e. The lowest BCUT2D eigenvalue weighted by atomic mass is 10.0. The summed E-state index contributed by atoms with van der Waals surface area (Å²) in [6.45, 7) is 2.28. The largest absolute Gasteiger partial charge is 0.276 e. The molecule has 2 heteroatoms. The molecule has 0 saturated carbocycles. The van der Waals surface area contributed by atoms with Crippen LogP contribution in [0.15, 0.2) is 24.3 Å². The van der Waals surface area contributed by atoms with Crippen LogP contribution in [0.25, 0.3) is 0 Å². The molecular weight excluding hydrogens is 316 g/mol. The predicted octanol–water partition coefficient (Wildman–Crippen LogP) is 7.70. The highest BCUT2D eigenvalue weighted by molar-refractivity contribution is 6.67. The molecule has 1 aromatic rings. The Labute approximate surface area is 154 Å². The van der Waals surface area contributed by atoms with E-state index in [4.69, 9.17) is 11.6 Å². The normalized spacial score (nSPS) is 10.9. The molecule has 0 aliphatic rings. The summed E-state index contributed by atoms with van der Waals surface area (Å²) in [4.78, 5) is 11.0. The predicted molar refractivity (Wildman–Crippen MR) is 106 cm³/mol. The molecule has 0 aromatic heterocycles. The molecule has 0 fully saturated rings. The van der Waals surface area contributed by atoms with Gasteiger partial charge in [0.1, 0.15) is 0 Å². The van der Waals surface area contributed by atoms with Crippen LogP contribution in [-0.2, 0) is 6.42 Å². The molecule has 0 heterocycles. The van der Waals surface area contributed by atoms with Gasteiger partial charge in [0.15, 0.2) is 0 Å². The third-order valence-corrected chi connectivity index (χ3v) is 4.97. The van der Waals surface area contributed by atoms with E-state index in [1.165, 1.54) is 89.0 Å². The zero-order valence-corrected chi connectivity index (χ0v) is 16.3. The molecule has 0 atom stereocenters. The highest BCUT2D eigenvalue weighted by Crippen LogP contribution is 2.14. The first kappa shape index (κ1) is 21.2. The van der Waals surface area contributed by atoms with Gasteiger partial charge in [-0.25, -0.2) is 0 Å². The lowest BCUT2D eigenvalue weighted by Crippen LogP contribution is -1.91. The Morgan fingerprint density at radius 3 is 1.54 bits per heavy atom. The minimum atomic E-state index is -0.373. The molecule has 1 nitrogen and oxygen atoms in total. The highest BCUT2D eigenvalue weighted by atomic mass is 35.5. The molecule has 0 N–H and O–H groups in total. The highest BCUT2D eigenvalue weighted by Gasteiger charge is 2.01. The molecule has 0 saturated heterocycles. The van der Waals surface area contributed by atoms with Crippen LogP contribution < -0.4 is 0 Å². The number of rotatable bonds is 15. The Morgan fingerprint density at radius 1 is 0.708 bits per heavy atom. The average Bonchev–Trinajstić information content (AvgIpc) is 2.59. The summed E-state index contributed by atoms with van der Waals surface area (Å²) in [6, 6.07) is 7.70. The van der Waals surface area contributed by atoms with Gasteiger partial charge in [-0.1, -0.05) is 96.1 Å². The molecular formula is C22H35ClO. The number of unbranched alkanes of at least 4 members (excludes halogenated alkanes) is 12. The van der Waals surface area contributed by atoms with Gasteiger partial charge in [0.05, 0.1) is 0 Å². The topological polar surface area (TPSA) is 17.1 Å². The van der Waals surface area contributed by atoms with Crippen LogP contribution in [0.1, 0.15) is 106 Å². The Kier molecular flexibility index (Phi) is 12.8. The van der Waals surface area contributed by atoms with Crippen LogP contribution in [0.4, 0.5) is 0 Å². The molecule has 1 rings (SSSR count). The van der Waals surface area contributed by atoms with Crippen LogP contribution in [-0.4, -0.2) is 5.24 Å². The molecule has 0 radical (unpaired) electrons. The van der Waals surface area contributed by atoms with Gasteiger partial charge in [0, 0.05) is 5.56 Å². The number of benzene rings is 1.